The summed E-state index contributed by atoms with van der Waals surface area (Å²) >= 11 is 1.48. The average molecular weight is 291 g/mol. The predicted octanol–water partition coefficient (Wildman–Crippen LogP) is 2.76. The molecule has 0 bridgehead atoms. The number of anilines is 1. The maximum absolute atomic E-state index is 11.7. The molecule has 1 aromatic rings. The van der Waals surface area contributed by atoms with Crippen LogP contribution in [0, 0.1) is 0 Å². The molecule has 1 heterocycles. The Morgan fingerprint density at radius 2 is 2.30 bits per heavy atom. The molecule has 1 aliphatic rings. The lowest BCUT2D eigenvalue weighted by Crippen LogP contribution is -2.26. The highest BCUT2D eigenvalue weighted by Gasteiger charge is 2.06. The van der Waals surface area contributed by atoms with Crippen molar-refractivity contribution in [3.8, 4) is 0 Å². The zero-order valence-electron chi connectivity index (χ0n) is 11.6. The number of rotatable bonds is 6. The number of carbonyl (C=O) groups is 1. The molecule has 4 nitrogen and oxygen atoms in total. The van der Waals surface area contributed by atoms with Crippen molar-refractivity contribution < 1.29 is 4.79 Å². The van der Waals surface area contributed by atoms with Gasteiger partial charge < -0.3 is 11.1 Å². The van der Waals surface area contributed by atoms with Crippen molar-refractivity contribution in [2.24, 2.45) is 0 Å². The van der Waals surface area contributed by atoms with Crippen molar-refractivity contribution in [1.82, 2.24) is 10.3 Å². The normalized spacial score (nSPS) is 14.7. The quantitative estimate of drug-likeness (QED) is 0.624. The van der Waals surface area contributed by atoms with Gasteiger partial charge >= 0.3 is 0 Å². The highest BCUT2D eigenvalue weighted by Crippen LogP contribution is 2.19. The van der Waals surface area contributed by atoms with Crippen molar-refractivity contribution in [2.45, 2.75) is 37.0 Å². The molecule has 108 valence electrons. The van der Waals surface area contributed by atoms with E-state index in [1.54, 1.807) is 12.3 Å². The van der Waals surface area contributed by atoms with E-state index in [9.17, 15) is 4.79 Å². The summed E-state index contributed by atoms with van der Waals surface area (Å²) in [6, 6.07) is 3.63. The topological polar surface area (TPSA) is 68.0 Å². The molecular weight excluding hydrogens is 270 g/mol. The molecule has 0 unspecified atom stereocenters. The highest BCUT2D eigenvalue weighted by atomic mass is 32.2. The van der Waals surface area contributed by atoms with Crippen LogP contribution in [-0.2, 0) is 4.79 Å². The van der Waals surface area contributed by atoms with E-state index in [2.05, 4.69) is 16.4 Å². The lowest BCUT2D eigenvalue weighted by molar-refractivity contribution is -0.118. The number of hydrogen-bond acceptors (Lipinski definition) is 4. The molecule has 0 spiro atoms. The molecule has 0 saturated carbocycles. The standard InChI is InChI=1S/C15H21N3OS/c16-14-7-6-13(10-18-14)20-11-15(19)17-9-8-12-4-2-1-3-5-12/h4,6-7,10H,1-3,5,8-9,11H2,(H2,16,18)(H,17,19). The van der Waals surface area contributed by atoms with Crippen LogP contribution < -0.4 is 11.1 Å². The Balaban J connectivity index is 1.62. The number of nitrogens with two attached hydrogens (primary N) is 1. The van der Waals surface area contributed by atoms with Crippen molar-refractivity contribution in [1.29, 1.82) is 0 Å². The Kier molecular flexibility index (Phi) is 5.92. The van der Waals surface area contributed by atoms with Crippen LogP contribution in [0.5, 0.6) is 0 Å². The second-order valence-electron chi connectivity index (χ2n) is 4.92. The van der Waals surface area contributed by atoms with E-state index >= 15 is 0 Å². The lowest BCUT2D eigenvalue weighted by atomic mass is 9.97. The average Bonchev–Trinajstić information content (AvgIpc) is 2.48. The van der Waals surface area contributed by atoms with E-state index in [1.807, 2.05) is 6.07 Å². The molecule has 0 aliphatic heterocycles. The molecule has 0 saturated heterocycles. The van der Waals surface area contributed by atoms with Crippen LogP contribution in [-0.4, -0.2) is 23.2 Å². The molecule has 20 heavy (non-hydrogen) atoms. The number of thioether (sulfide) groups is 1. The van der Waals surface area contributed by atoms with Gasteiger partial charge in [0.2, 0.25) is 5.91 Å². The zero-order valence-corrected chi connectivity index (χ0v) is 12.4. The fraction of sp³-hybridized carbons (Fsp3) is 0.467. The lowest BCUT2D eigenvalue weighted by Gasteiger charge is -2.12. The summed E-state index contributed by atoms with van der Waals surface area (Å²) in [5.74, 6) is 0.993. The van der Waals surface area contributed by atoms with E-state index in [-0.39, 0.29) is 5.91 Å². The van der Waals surface area contributed by atoms with Crippen LogP contribution in [0.25, 0.3) is 0 Å². The molecule has 1 aliphatic carbocycles. The first kappa shape index (κ1) is 14.9. The third kappa shape index (κ3) is 5.25. The van der Waals surface area contributed by atoms with Crippen molar-refractivity contribution in [3.05, 3.63) is 30.0 Å². The van der Waals surface area contributed by atoms with E-state index in [0.29, 0.717) is 11.6 Å². The predicted molar refractivity (Wildman–Crippen MR) is 83.6 cm³/mol. The van der Waals surface area contributed by atoms with E-state index in [1.165, 1.54) is 43.0 Å². The number of aromatic nitrogens is 1. The maximum Gasteiger partial charge on any atom is 0.230 e. The van der Waals surface area contributed by atoms with Crippen molar-refractivity contribution >= 4 is 23.5 Å². The number of amides is 1. The number of carbonyl (C=O) groups excluding carboxylic acids is 1. The molecule has 0 radical (unpaired) electrons. The summed E-state index contributed by atoms with van der Waals surface area (Å²) in [6.45, 7) is 0.741. The molecule has 1 amide bonds. The van der Waals surface area contributed by atoms with Crippen LogP contribution in [0.3, 0.4) is 0 Å². The molecule has 5 heteroatoms. The molecule has 1 aromatic heterocycles. The number of hydrogen-bond donors (Lipinski definition) is 2. The summed E-state index contributed by atoms with van der Waals surface area (Å²) < 4.78 is 0. The summed E-state index contributed by atoms with van der Waals surface area (Å²) in [5.41, 5.74) is 7.01. The molecule has 0 fully saturated rings. The largest absolute Gasteiger partial charge is 0.384 e. The summed E-state index contributed by atoms with van der Waals surface area (Å²) in [7, 11) is 0. The Labute approximate surface area is 124 Å². The summed E-state index contributed by atoms with van der Waals surface area (Å²) in [4.78, 5) is 16.7. The number of nitrogens with zero attached hydrogens (tertiary/aromatic N) is 1. The van der Waals surface area contributed by atoms with Gasteiger partial charge in [-0.25, -0.2) is 4.98 Å². The fourth-order valence-corrected chi connectivity index (χ4v) is 2.86. The van der Waals surface area contributed by atoms with Gasteiger partial charge in [-0.3, -0.25) is 4.79 Å². The molecule has 0 aromatic carbocycles. The van der Waals surface area contributed by atoms with Crippen LogP contribution in [0.4, 0.5) is 5.82 Å². The second kappa shape index (κ2) is 7.94. The summed E-state index contributed by atoms with van der Waals surface area (Å²) in [5, 5.41) is 2.97. The number of nitrogen functional groups attached to an aromatic ring is 1. The van der Waals surface area contributed by atoms with E-state index < -0.39 is 0 Å². The van der Waals surface area contributed by atoms with Gasteiger partial charge in [-0.1, -0.05) is 11.6 Å². The third-order valence-corrected chi connectivity index (χ3v) is 4.26. The van der Waals surface area contributed by atoms with Crippen LogP contribution >= 0.6 is 11.8 Å². The molecule has 0 atom stereocenters. The minimum atomic E-state index is 0.0724. The fourth-order valence-electron chi connectivity index (χ4n) is 2.17. The van der Waals surface area contributed by atoms with Gasteiger partial charge in [0.15, 0.2) is 0 Å². The second-order valence-corrected chi connectivity index (χ2v) is 5.96. The van der Waals surface area contributed by atoms with Crippen LogP contribution in [0.15, 0.2) is 34.9 Å². The third-order valence-electron chi connectivity index (χ3n) is 3.28. The number of allylic oxidation sites excluding steroid dienone is 1. The van der Waals surface area contributed by atoms with Gasteiger partial charge in [-0.15, -0.1) is 11.8 Å². The van der Waals surface area contributed by atoms with E-state index in [4.69, 9.17) is 5.73 Å². The molecule has 2 rings (SSSR count). The Morgan fingerprint density at radius 1 is 1.40 bits per heavy atom. The molecule has 3 N–H and O–H groups in total. The smallest absolute Gasteiger partial charge is 0.230 e. The molecular formula is C15H21N3OS. The number of nitrogens with one attached hydrogen (secondary N) is 1. The minimum absolute atomic E-state index is 0.0724. The van der Waals surface area contributed by atoms with Crippen molar-refractivity contribution in [3.63, 3.8) is 0 Å². The van der Waals surface area contributed by atoms with Gasteiger partial charge in [0, 0.05) is 17.6 Å². The summed E-state index contributed by atoms with van der Waals surface area (Å²) in [6.07, 6.45) is 10.00. The Hall–Kier alpha value is -1.49. The Bertz CT molecular complexity index is 471. The first-order valence-corrected chi connectivity index (χ1v) is 8.01. The first-order chi connectivity index (χ1) is 9.74. The van der Waals surface area contributed by atoms with Gasteiger partial charge in [0.05, 0.1) is 5.75 Å². The van der Waals surface area contributed by atoms with E-state index in [0.717, 1.165) is 17.9 Å². The number of pyridine rings is 1. The monoisotopic (exact) mass is 291 g/mol. The van der Waals surface area contributed by atoms with Crippen LogP contribution in [0.1, 0.15) is 32.1 Å². The maximum atomic E-state index is 11.7. The SMILES string of the molecule is Nc1ccc(SCC(=O)NCCC2=CCCCC2)cn1. The zero-order chi connectivity index (χ0) is 14.2. The van der Waals surface area contributed by atoms with Gasteiger partial charge in [-0.05, 0) is 44.2 Å². The van der Waals surface area contributed by atoms with Crippen molar-refractivity contribution in [2.75, 3.05) is 18.0 Å². The van der Waals surface area contributed by atoms with Gasteiger partial charge in [0.1, 0.15) is 5.82 Å². The van der Waals surface area contributed by atoms with Gasteiger partial charge in [0.25, 0.3) is 0 Å². The highest BCUT2D eigenvalue weighted by molar-refractivity contribution is 8.00. The van der Waals surface area contributed by atoms with Gasteiger partial charge in [-0.2, -0.15) is 0 Å². The minimum Gasteiger partial charge on any atom is -0.384 e. The Morgan fingerprint density at radius 3 is 3.00 bits per heavy atom. The first-order valence-electron chi connectivity index (χ1n) is 7.03. The van der Waals surface area contributed by atoms with Crippen LogP contribution in [0.2, 0.25) is 0 Å².